The lowest BCUT2D eigenvalue weighted by atomic mass is 10.0. The van der Waals surface area contributed by atoms with Gasteiger partial charge in [0.1, 0.15) is 0 Å². The first-order valence-corrected chi connectivity index (χ1v) is 7.65. The number of hydrogen-bond acceptors (Lipinski definition) is 3. The van der Waals surface area contributed by atoms with Crippen LogP contribution in [0.2, 0.25) is 0 Å². The van der Waals surface area contributed by atoms with Gasteiger partial charge < -0.3 is 10.0 Å². The number of carbonyl (C=O) groups excluding carboxylic acids is 1. The monoisotopic (exact) mass is 296 g/mol. The third kappa shape index (κ3) is 3.34. The zero-order valence-corrected chi connectivity index (χ0v) is 12.4. The second-order valence-corrected chi connectivity index (χ2v) is 5.70. The summed E-state index contributed by atoms with van der Waals surface area (Å²) in [6, 6.07) is 15.4. The molecule has 2 heterocycles. The van der Waals surface area contributed by atoms with Crippen molar-refractivity contribution in [3.05, 3.63) is 66.0 Å². The highest BCUT2D eigenvalue weighted by atomic mass is 16.3. The van der Waals surface area contributed by atoms with E-state index in [1.54, 1.807) is 6.20 Å². The first kappa shape index (κ1) is 14.7. The number of pyridine rings is 1. The normalized spacial score (nSPS) is 21.0. The van der Waals surface area contributed by atoms with Crippen molar-refractivity contribution in [2.75, 3.05) is 6.54 Å². The van der Waals surface area contributed by atoms with E-state index in [0.29, 0.717) is 25.8 Å². The van der Waals surface area contributed by atoms with E-state index in [0.717, 1.165) is 11.3 Å². The van der Waals surface area contributed by atoms with Crippen molar-refractivity contribution in [1.82, 2.24) is 9.88 Å². The van der Waals surface area contributed by atoms with E-state index in [4.69, 9.17) is 0 Å². The van der Waals surface area contributed by atoms with Crippen molar-refractivity contribution >= 4 is 5.91 Å². The molecule has 1 aliphatic rings. The van der Waals surface area contributed by atoms with Gasteiger partial charge in [0, 0.05) is 18.4 Å². The highest BCUT2D eigenvalue weighted by molar-refractivity contribution is 5.79. The summed E-state index contributed by atoms with van der Waals surface area (Å²) in [5, 5.41) is 10.2. The molecule has 1 N–H and O–H groups in total. The van der Waals surface area contributed by atoms with Gasteiger partial charge in [0.2, 0.25) is 5.91 Å². The molecule has 4 heteroatoms. The lowest BCUT2D eigenvalue weighted by molar-refractivity contribution is -0.132. The fourth-order valence-corrected chi connectivity index (χ4v) is 3.01. The van der Waals surface area contributed by atoms with Crippen molar-refractivity contribution in [3.63, 3.8) is 0 Å². The van der Waals surface area contributed by atoms with Crippen molar-refractivity contribution in [1.29, 1.82) is 0 Å². The highest BCUT2D eigenvalue weighted by Crippen LogP contribution is 2.22. The second-order valence-electron chi connectivity index (χ2n) is 5.70. The Morgan fingerprint density at radius 1 is 1.18 bits per heavy atom. The Labute approximate surface area is 130 Å². The van der Waals surface area contributed by atoms with Gasteiger partial charge in [-0.3, -0.25) is 9.78 Å². The maximum atomic E-state index is 12.5. The Balaban J connectivity index is 1.70. The van der Waals surface area contributed by atoms with Gasteiger partial charge in [-0.05, 0) is 30.5 Å². The predicted octanol–water partition coefficient (Wildman–Crippen LogP) is 1.83. The van der Waals surface area contributed by atoms with Gasteiger partial charge in [0.25, 0.3) is 0 Å². The molecule has 0 radical (unpaired) electrons. The van der Waals surface area contributed by atoms with Crippen LogP contribution in [-0.4, -0.2) is 39.6 Å². The summed E-state index contributed by atoms with van der Waals surface area (Å²) in [7, 11) is 0. The molecule has 2 aromatic rings. The molecule has 1 aromatic carbocycles. The second kappa shape index (κ2) is 6.71. The maximum Gasteiger partial charge on any atom is 0.228 e. The molecule has 0 saturated carbocycles. The molecule has 1 aliphatic heterocycles. The van der Waals surface area contributed by atoms with E-state index in [-0.39, 0.29) is 11.9 Å². The molecule has 0 unspecified atom stereocenters. The zero-order chi connectivity index (χ0) is 15.4. The van der Waals surface area contributed by atoms with Gasteiger partial charge in [-0.1, -0.05) is 36.4 Å². The average Bonchev–Trinajstić information content (AvgIpc) is 2.90. The third-order valence-electron chi connectivity index (χ3n) is 4.18. The number of amides is 1. The van der Waals surface area contributed by atoms with Crippen molar-refractivity contribution < 1.29 is 9.90 Å². The first-order valence-electron chi connectivity index (χ1n) is 7.65. The highest BCUT2D eigenvalue weighted by Gasteiger charge is 2.35. The summed E-state index contributed by atoms with van der Waals surface area (Å²) in [6.45, 7) is 0.615. The molecular formula is C18H20N2O2. The molecule has 114 valence electrons. The predicted molar refractivity (Wildman–Crippen MR) is 84.2 cm³/mol. The lowest BCUT2D eigenvalue weighted by Gasteiger charge is -2.26. The van der Waals surface area contributed by atoms with Crippen molar-refractivity contribution in [2.24, 2.45) is 0 Å². The van der Waals surface area contributed by atoms with Crippen LogP contribution in [0.4, 0.5) is 0 Å². The molecule has 1 aromatic heterocycles. The summed E-state index contributed by atoms with van der Waals surface area (Å²) in [4.78, 5) is 18.6. The van der Waals surface area contributed by atoms with Gasteiger partial charge in [-0.2, -0.15) is 0 Å². The number of hydrogen-bond donors (Lipinski definition) is 1. The number of benzene rings is 1. The topological polar surface area (TPSA) is 53.4 Å². The van der Waals surface area contributed by atoms with E-state index in [9.17, 15) is 9.90 Å². The van der Waals surface area contributed by atoms with Gasteiger partial charge in [-0.25, -0.2) is 0 Å². The number of rotatable bonds is 4. The molecule has 3 rings (SSSR count). The fourth-order valence-electron chi connectivity index (χ4n) is 3.01. The van der Waals surface area contributed by atoms with Crippen LogP contribution in [0.3, 0.4) is 0 Å². The quantitative estimate of drug-likeness (QED) is 0.936. The molecule has 4 nitrogen and oxygen atoms in total. The summed E-state index contributed by atoms with van der Waals surface area (Å²) < 4.78 is 0. The first-order chi connectivity index (χ1) is 10.7. The minimum Gasteiger partial charge on any atom is -0.391 e. The van der Waals surface area contributed by atoms with E-state index >= 15 is 0 Å². The Morgan fingerprint density at radius 3 is 2.68 bits per heavy atom. The van der Waals surface area contributed by atoms with E-state index in [2.05, 4.69) is 4.98 Å². The van der Waals surface area contributed by atoms with E-state index in [1.807, 2.05) is 53.4 Å². The van der Waals surface area contributed by atoms with E-state index in [1.165, 1.54) is 0 Å². The Morgan fingerprint density at radius 2 is 1.95 bits per heavy atom. The number of aliphatic hydroxyl groups is 1. The van der Waals surface area contributed by atoms with Gasteiger partial charge >= 0.3 is 0 Å². The number of aliphatic hydroxyl groups excluding tert-OH is 1. The summed E-state index contributed by atoms with van der Waals surface area (Å²) >= 11 is 0. The lowest BCUT2D eigenvalue weighted by Crippen LogP contribution is -2.41. The van der Waals surface area contributed by atoms with Crippen molar-refractivity contribution in [3.8, 4) is 0 Å². The Kier molecular flexibility index (Phi) is 4.49. The van der Waals surface area contributed by atoms with Crippen LogP contribution in [0, 0.1) is 0 Å². The van der Waals surface area contributed by atoms with Crippen molar-refractivity contribution in [2.45, 2.75) is 31.4 Å². The van der Waals surface area contributed by atoms with Crippen LogP contribution < -0.4 is 0 Å². The Hall–Kier alpha value is -2.20. The van der Waals surface area contributed by atoms with E-state index < -0.39 is 6.10 Å². The molecule has 22 heavy (non-hydrogen) atoms. The number of carbonyl (C=O) groups is 1. The smallest absolute Gasteiger partial charge is 0.228 e. The molecule has 1 fully saturated rings. The maximum absolute atomic E-state index is 12.5. The number of likely N-dealkylation sites (tertiary alicyclic amines) is 1. The molecule has 0 aliphatic carbocycles. The number of nitrogens with zero attached hydrogens (tertiary/aromatic N) is 2. The standard InChI is InChI=1S/C18H20N2O2/c21-17-9-11-20(16(17)12-14-6-2-1-3-7-14)18(22)13-15-8-4-5-10-19-15/h1-8,10,16-17,21H,9,11-13H2/t16-,17-/m1/s1. The van der Waals surface area contributed by atoms with Crippen LogP contribution in [0.5, 0.6) is 0 Å². The molecule has 2 atom stereocenters. The molecular weight excluding hydrogens is 276 g/mol. The van der Waals surface area contributed by atoms with Gasteiger partial charge in [0.15, 0.2) is 0 Å². The van der Waals surface area contributed by atoms with Gasteiger partial charge in [-0.15, -0.1) is 0 Å². The zero-order valence-electron chi connectivity index (χ0n) is 12.4. The largest absolute Gasteiger partial charge is 0.391 e. The molecule has 1 saturated heterocycles. The van der Waals surface area contributed by atoms with Crippen LogP contribution in [-0.2, 0) is 17.6 Å². The van der Waals surface area contributed by atoms with Crippen LogP contribution in [0.25, 0.3) is 0 Å². The molecule has 1 amide bonds. The SMILES string of the molecule is O=C(Cc1ccccn1)N1CC[C@@H](O)[C@H]1Cc1ccccc1. The third-order valence-corrected chi connectivity index (χ3v) is 4.18. The number of aromatic nitrogens is 1. The minimum absolute atomic E-state index is 0.0381. The fraction of sp³-hybridized carbons (Fsp3) is 0.333. The van der Waals surface area contributed by atoms with Crippen LogP contribution in [0.15, 0.2) is 54.7 Å². The van der Waals surface area contributed by atoms with Crippen LogP contribution >= 0.6 is 0 Å². The minimum atomic E-state index is -0.451. The summed E-state index contributed by atoms with van der Waals surface area (Å²) in [5.41, 5.74) is 1.91. The molecule has 0 spiro atoms. The van der Waals surface area contributed by atoms with Crippen LogP contribution in [0.1, 0.15) is 17.7 Å². The van der Waals surface area contributed by atoms with Gasteiger partial charge in [0.05, 0.1) is 18.6 Å². The Bertz CT molecular complexity index is 615. The summed E-state index contributed by atoms with van der Waals surface area (Å²) in [6.07, 6.45) is 2.87. The average molecular weight is 296 g/mol. The summed E-state index contributed by atoms with van der Waals surface area (Å²) in [5.74, 6) is 0.0381. The molecule has 0 bridgehead atoms.